The van der Waals surface area contributed by atoms with E-state index < -0.39 is 0 Å². The Morgan fingerprint density at radius 3 is 2.54 bits per heavy atom. The molecule has 1 aromatic carbocycles. The Balaban J connectivity index is 1.70. The van der Waals surface area contributed by atoms with Crippen LogP contribution in [-0.4, -0.2) is 34.4 Å². The average molecular weight is 329 g/mol. The number of nitrogens with zero attached hydrogens (tertiary/aromatic N) is 3. The minimum atomic E-state index is -0.121. The van der Waals surface area contributed by atoms with E-state index in [1.54, 1.807) is 0 Å². The standard InChI is InChI=1S/C19H27N3O2/c1-19(2,3)18-21-20-17(24-18)14-22(13-16-10-7-11-23-16)12-15-8-5-4-6-9-15/h4-6,8-9,16H,7,10-14H2,1-3H3. The Labute approximate surface area is 144 Å². The first-order valence-electron chi connectivity index (χ1n) is 8.71. The van der Waals surface area contributed by atoms with Crippen LogP contribution < -0.4 is 0 Å². The second-order valence-electron chi connectivity index (χ2n) is 7.54. The van der Waals surface area contributed by atoms with Crippen LogP contribution in [0.15, 0.2) is 34.7 Å². The van der Waals surface area contributed by atoms with Gasteiger partial charge in [-0.05, 0) is 18.4 Å². The first-order chi connectivity index (χ1) is 11.5. The third-order valence-corrected chi connectivity index (χ3v) is 4.20. The fraction of sp³-hybridized carbons (Fsp3) is 0.579. The summed E-state index contributed by atoms with van der Waals surface area (Å²) in [4.78, 5) is 2.34. The highest BCUT2D eigenvalue weighted by Gasteiger charge is 2.24. The molecule has 1 aliphatic rings. The van der Waals surface area contributed by atoms with Gasteiger partial charge in [0.1, 0.15) is 0 Å². The molecule has 0 bridgehead atoms. The quantitative estimate of drug-likeness (QED) is 0.811. The van der Waals surface area contributed by atoms with Gasteiger partial charge >= 0.3 is 0 Å². The van der Waals surface area contributed by atoms with E-state index in [0.29, 0.717) is 24.4 Å². The molecular weight excluding hydrogens is 302 g/mol. The molecule has 1 aliphatic heterocycles. The highest BCUT2D eigenvalue weighted by Crippen LogP contribution is 2.22. The van der Waals surface area contributed by atoms with Crippen molar-refractivity contribution in [2.24, 2.45) is 0 Å². The van der Waals surface area contributed by atoms with Crippen molar-refractivity contribution >= 4 is 0 Å². The van der Waals surface area contributed by atoms with Crippen LogP contribution in [0.1, 0.15) is 51.0 Å². The number of rotatable bonds is 6. The lowest BCUT2D eigenvalue weighted by Crippen LogP contribution is -2.31. The minimum absolute atomic E-state index is 0.121. The van der Waals surface area contributed by atoms with Gasteiger partial charge in [0.2, 0.25) is 11.8 Å². The fourth-order valence-electron chi connectivity index (χ4n) is 2.91. The number of benzene rings is 1. The molecule has 1 atom stereocenters. The first-order valence-corrected chi connectivity index (χ1v) is 8.71. The zero-order valence-corrected chi connectivity index (χ0v) is 14.9. The van der Waals surface area contributed by atoms with Gasteiger partial charge in [-0.15, -0.1) is 10.2 Å². The van der Waals surface area contributed by atoms with E-state index in [4.69, 9.17) is 9.15 Å². The van der Waals surface area contributed by atoms with Crippen LogP contribution in [-0.2, 0) is 23.2 Å². The van der Waals surface area contributed by atoms with Crippen LogP contribution in [0.4, 0.5) is 0 Å². The summed E-state index contributed by atoms with van der Waals surface area (Å²) >= 11 is 0. The second-order valence-corrected chi connectivity index (χ2v) is 7.54. The van der Waals surface area contributed by atoms with E-state index in [2.05, 4.69) is 60.1 Å². The molecular formula is C19H27N3O2. The molecule has 5 nitrogen and oxygen atoms in total. The molecule has 0 spiro atoms. The van der Waals surface area contributed by atoms with Crippen molar-refractivity contribution in [1.29, 1.82) is 0 Å². The molecule has 0 N–H and O–H groups in total. The van der Waals surface area contributed by atoms with Gasteiger partial charge in [0, 0.05) is 25.1 Å². The van der Waals surface area contributed by atoms with Crippen LogP contribution in [0.25, 0.3) is 0 Å². The van der Waals surface area contributed by atoms with Crippen LogP contribution in [0, 0.1) is 0 Å². The molecule has 0 saturated carbocycles. The lowest BCUT2D eigenvalue weighted by atomic mass is 9.97. The second kappa shape index (κ2) is 7.45. The van der Waals surface area contributed by atoms with E-state index in [1.807, 2.05) is 6.07 Å². The largest absolute Gasteiger partial charge is 0.423 e. The molecule has 1 fully saturated rings. The topological polar surface area (TPSA) is 51.4 Å². The Hall–Kier alpha value is -1.72. The zero-order chi connectivity index (χ0) is 17.0. The monoisotopic (exact) mass is 329 g/mol. The Morgan fingerprint density at radius 2 is 1.92 bits per heavy atom. The van der Waals surface area contributed by atoms with E-state index >= 15 is 0 Å². The van der Waals surface area contributed by atoms with E-state index in [-0.39, 0.29) is 5.41 Å². The Morgan fingerprint density at radius 1 is 1.12 bits per heavy atom. The maximum absolute atomic E-state index is 5.88. The van der Waals surface area contributed by atoms with Crippen molar-refractivity contribution < 1.29 is 9.15 Å². The van der Waals surface area contributed by atoms with Gasteiger partial charge in [-0.2, -0.15) is 0 Å². The molecule has 1 saturated heterocycles. The highest BCUT2D eigenvalue weighted by atomic mass is 16.5. The minimum Gasteiger partial charge on any atom is -0.423 e. The summed E-state index contributed by atoms with van der Waals surface area (Å²) in [5.41, 5.74) is 1.16. The summed E-state index contributed by atoms with van der Waals surface area (Å²) in [6, 6.07) is 10.5. The molecule has 2 aromatic rings. The van der Waals surface area contributed by atoms with Crippen molar-refractivity contribution in [1.82, 2.24) is 15.1 Å². The zero-order valence-electron chi connectivity index (χ0n) is 14.9. The summed E-state index contributed by atoms with van der Waals surface area (Å²) in [5.74, 6) is 1.36. The predicted octanol–water partition coefficient (Wildman–Crippen LogP) is 3.55. The number of hydrogen-bond donors (Lipinski definition) is 0. The van der Waals surface area contributed by atoms with Gasteiger partial charge in [-0.25, -0.2) is 0 Å². The predicted molar refractivity (Wildman–Crippen MR) is 92.5 cm³/mol. The van der Waals surface area contributed by atoms with Gasteiger partial charge in [0.25, 0.3) is 0 Å². The third-order valence-electron chi connectivity index (χ3n) is 4.20. The molecule has 3 rings (SSSR count). The van der Waals surface area contributed by atoms with Gasteiger partial charge in [0.05, 0.1) is 12.6 Å². The van der Waals surface area contributed by atoms with Crippen LogP contribution in [0.3, 0.4) is 0 Å². The molecule has 0 amide bonds. The lowest BCUT2D eigenvalue weighted by Gasteiger charge is -2.24. The summed E-state index contributed by atoms with van der Waals surface area (Å²) in [6.07, 6.45) is 2.58. The first kappa shape index (κ1) is 17.1. The van der Waals surface area contributed by atoms with Gasteiger partial charge in [-0.3, -0.25) is 4.90 Å². The average Bonchev–Trinajstić information content (AvgIpc) is 3.19. The lowest BCUT2D eigenvalue weighted by molar-refractivity contribution is 0.0645. The van der Waals surface area contributed by atoms with Crippen LogP contribution in [0.2, 0.25) is 0 Å². The smallest absolute Gasteiger partial charge is 0.230 e. The van der Waals surface area contributed by atoms with Crippen molar-refractivity contribution in [2.45, 2.75) is 58.2 Å². The van der Waals surface area contributed by atoms with E-state index in [0.717, 1.165) is 32.5 Å². The molecule has 5 heteroatoms. The molecule has 24 heavy (non-hydrogen) atoms. The number of ether oxygens (including phenoxy) is 1. The maximum atomic E-state index is 5.88. The summed E-state index contributed by atoms with van der Waals surface area (Å²) in [6.45, 7) is 9.52. The maximum Gasteiger partial charge on any atom is 0.230 e. The molecule has 0 radical (unpaired) electrons. The van der Waals surface area contributed by atoms with Gasteiger partial charge in [0.15, 0.2) is 0 Å². The van der Waals surface area contributed by atoms with Crippen LogP contribution >= 0.6 is 0 Å². The van der Waals surface area contributed by atoms with Crippen molar-refractivity contribution in [3.05, 3.63) is 47.7 Å². The molecule has 1 aromatic heterocycles. The van der Waals surface area contributed by atoms with Crippen molar-refractivity contribution in [2.75, 3.05) is 13.2 Å². The Kier molecular flexibility index (Phi) is 5.31. The number of hydrogen-bond acceptors (Lipinski definition) is 5. The SMILES string of the molecule is CC(C)(C)c1nnc(CN(Cc2ccccc2)CC2CCCO2)o1. The summed E-state index contributed by atoms with van der Waals surface area (Å²) in [7, 11) is 0. The van der Waals surface area contributed by atoms with Gasteiger partial charge in [-0.1, -0.05) is 51.1 Å². The third kappa shape index (κ3) is 4.65. The normalized spacial score (nSPS) is 18.4. The van der Waals surface area contributed by atoms with E-state index in [9.17, 15) is 0 Å². The highest BCUT2D eigenvalue weighted by molar-refractivity contribution is 5.14. The van der Waals surface area contributed by atoms with Crippen molar-refractivity contribution in [3.8, 4) is 0 Å². The van der Waals surface area contributed by atoms with E-state index in [1.165, 1.54) is 5.56 Å². The Bertz CT molecular complexity index is 628. The van der Waals surface area contributed by atoms with Gasteiger partial charge < -0.3 is 9.15 Å². The molecule has 2 heterocycles. The summed E-state index contributed by atoms with van der Waals surface area (Å²) in [5, 5.41) is 8.44. The number of aromatic nitrogens is 2. The fourth-order valence-corrected chi connectivity index (χ4v) is 2.91. The molecule has 1 unspecified atom stereocenters. The molecule has 0 aliphatic carbocycles. The van der Waals surface area contributed by atoms with Crippen molar-refractivity contribution in [3.63, 3.8) is 0 Å². The molecule has 130 valence electrons. The van der Waals surface area contributed by atoms with Crippen LogP contribution in [0.5, 0.6) is 0 Å². The summed E-state index contributed by atoms with van der Waals surface area (Å²) < 4.78 is 11.7.